The minimum Gasteiger partial charge on any atom is -0.455 e. The zero-order valence-corrected chi connectivity index (χ0v) is 13.4. The van der Waals surface area contributed by atoms with Gasteiger partial charge in [0.05, 0.1) is 11.9 Å². The maximum absolute atomic E-state index is 12.1. The van der Waals surface area contributed by atoms with Gasteiger partial charge < -0.3 is 9.73 Å². The second kappa shape index (κ2) is 6.65. The highest BCUT2D eigenvalue weighted by Gasteiger charge is 2.14. The van der Waals surface area contributed by atoms with E-state index in [2.05, 4.69) is 30.8 Å². The van der Waals surface area contributed by atoms with Crippen LogP contribution in [0.25, 0.3) is 0 Å². The summed E-state index contributed by atoms with van der Waals surface area (Å²) in [6.07, 6.45) is 3.11. The Morgan fingerprint density at radius 3 is 3.04 bits per heavy atom. The molecule has 3 aromatic heterocycles. The first kappa shape index (κ1) is 15.3. The Balaban J connectivity index is 1.59. The molecule has 0 aromatic carbocycles. The van der Waals surface area contributed by atoms with Gasteiger partial charge in [-0.1, -0.05) is 17.0 Å². The molecule has 3 rings (SSSR count). The number of aromatic amines is 1. The van der Waals surface area contributed by atoms with Gasteiger partial charge in [-0.05, 0) is 26.0 Å². The topological polar surface area (TPSA) is 115 Å². The van der Waals surface area contributed by atoms with Crippen molar-refractivity contribution in [2.75, 3.05) is 5.32 Å². The van der Waals surface area contributed by atoms with E-state index >= 15 is 0 Å². The first-order valence-corrected chi connectivity index (χ1v) is 7.90. The molecule has 0 aliphatic heterocycles. The monoisotopic (exact) mass is 333 g/mol. The molecule has 0 unspecified atom stereocenters. The average Bonchev–Trinajstić information content (AvgIpc) is 3.26. The summed E-state index contributed by atoms with van der Waals surface area (Å²) in [5.74, 6) is 1.46. The molecule has 10 heteroatoms. The van der Waals surface area contributed by atoms with Crippen molar-refractivity contribution in [2.45, 2.75) is 30.8 Å². The molecular formula is C13H15N7O2S. The van der Waals surface area contributed by atoms with Gasteiger partial charge in [0.2, 0.25) is 0 Å². The van der Waals surface area contributed by atoms with E-state index in [9.17, 15) is 4.79 Å². The summed E-state index contributed by atoms with van der Waals surface area (Å²) in [6.45, 7) is 3.95. The summed E-state index contributed by atoms with van der Waals surface area (Å²) in [5, 5.41) is 17.7. The van der Waals surface area contributed by atoms with Crippen LogP contribution in [0.3, 0.4) is 0 Å². The summed E-state index contributed by atoms with van der Waals surface area (Å²) in [6, 6.07) is 3.55. The maximum atomic E-state index is 12.1. The molecule has 0 aliphatic rings. The number of rotatable bonds is 6. The number of H-pyrrole nitrogens is 1. The van der Waals surface area contributed by atoms with Gasteiger partial charge in [-0.2, -0.15) is 5.10 Å². The van der Waals surface area contributed by atoms with Crippen LogP contribution in [0.1, 0.15) is 36.2 Å². The molecule has 0 bridgehead atoms. The highest BCUT2D eigenvalue weighted by atomic mass is 32.2. The third-order valence-electron chi connectivity index (χ3n) is 2.91. The Bertz CT molecular complexity index is 778. The lowest BCUT2D eigenvalue weighted by molar-refractivity contribution is 0.0995. The largest absolute Gasteiger partial charge is 0.455 e. The molecule has 0 saturated heterocycles. The molecule has 0 spiro atoms. The molecule has 0 atom stereocenters. The quantitative estimate of drug-likeness (QED) is 0.664. The highest BCUT2D eigenvalue weighted by molar-refractivity contribution is 7.98. The summed E-state index contributed by atoms with van der Waals surface area (Å²) in [4.78, 5) is 16.1. The molecular weight excluding hydrogens is 318 g/mol. The molecule has 2 N–H and O–H groups in total. The van der Waals surface area contributed by atoms with Gasteiger partial charge >= 0.3 is 0 Å². The molecule has 0 fully saturated rings. The number of hydrogen-bond acceptors (Lipinski definition) is 7. The van der Waals surface area contributed by atoms with Crippen molar-refractivity contribution in [3.63, 3.8) is 0 Å². The molecule has 23 heavy (non-hydrogen) atoms. The Hall–Kier alpha value is -2.62. The maximum Gasteiger partial charge on any atom is 0.292 e. The number of aromatic nitrogens is 6. The van der Waals surface area contributed by atoms with Crippen LogP contribution >= 0.6 is 11.8 Å². The first-order chi connectivity index (χ1) is 11.1. The Labute approximate surface area is 135 Å². The van der Waals surface area contributed by atoms with Gasteiger partial charge in [0.25, 0.3) is 5.91 Å². The molecule has 0 radical (unpaired) electrons. The molecule has 3 aromatic rings. The zero-order chi connectivity index (χ0) is 16.2. The van der Waals surface area contributed by atoms with Gasteiger partial charge in [-0.3, -0.25) is 9.89 Å². The third kappa shape index (κ3) is 3.77. The third-order valence-corrected chi connectivity index (χ3v) is 3.81. The van der Waals surface area contributed by atoms with Gasteiger partial charge in [0.1, 0.15) is 12.1 Å². The lowest BCUT2D eigenvalue weighted by Gasteiger charge is -2.01. The summed E-state index contributed by atoms with van der Waals surface area (Å²) >= 11 is 1.44. The van der Waals surface area contributed by atoms with E-state index in [1.165, 1.54) is 18.1 Å². The molecule has 3 heterocycles. The predicted molar refractivity (Wildman–Crippen MR) is 83.0 cm³/mol. The van der Waals surface area contributed by atoms with Crippen LogP contribution in [0.4, 0.5) is 5.82 Å². The van der Waals surface area contributed by atoms with Crippen LogP contribution < -0.4 is 5.32 Å². The highest BCUT2D eigenvalue weighted by Crippen LogP contribution is 2.20. The molecule has 1 amide bonds. The molecule has 0 saturated carbocycles. The minimum absolute atomic E-state index is 0.177. The van der Waals surface area contributed by atoms with Gasteiger partial charge in [-0.15, -0.1) is 5.10 Å². The summed E-state index contributed by atoms with van der Waals surface area (Å²) in [5.41, 5.74) is 0. The minimum atomic E-state index is -0.364. The second-order valence-electron chi connectivity index (χ2n) is 4.98. The van der Waals surface area contributed by atoms with Gasteiger partial charge in [-0.25, -0.2) is 9.67 Å². The first-order valence-electron chi connectivity index (χ1n) is 6.92. The fourth-order valence-electron chi connectivity index (χ4n) is 1.75. The average molecular weight is 333 g/mol. The zero-order valence-electron chi connectivity index (χ0n) is 12.6. The molecule has 0 aliphatic carbocycles. The standard InChI is InChI=1S/C13H15N7O2S/c1-8(2)20-5-11(17-19-20)16-12(21)10-4-3-9(22-10)6-23-13-14-7-15-18-13/h3-5,7-8H,6H2,1-2H3,(H,16,21)(H,14,15,18). The van der Waals surface area contributed by atoms with E-state index < -0.39 is 0 Å². The second-order valence-corrected chi connectivity index (χ2v) is 5.94. The van der Waals surface area contributed by atoms with Gasteiger partial charge in [0.15, 0.2) is 16.7 Å². The number of nitrogens with one attached hydrogen (secondary N) is 2. The number of furan rings is 1. The number of hydrogen-bond donors (Lipinski definition) is 2. The fourth-order valence-corrected chi connectivity index (χ4v) is 2.42. The van der Waals surface area contributed by atoms with Crippen LogP contribution in [0.15, 0.2) is 34.2 Å². The fraction of sp³-hybridized carbons (Fsp3) is 0.308. The number of thioether (sulfide) groups is 1. The number of carbonyl (C=O) groups is 1. The number of carbonyl (C=O) groups excluding carboxylic acids is 1. The van der Waals surface area contributed by atoms with E-state index in [-0.39, 0.29) is 17.7 Å². The number of anilines is 1. The van der Waals surface area contributed by atoms with Crippen LogP contribution in [-0.2, 0) is 5.75 Å². The van der Waals surface area contributed by atoms with Crippen molar-refractivity contribution in [3.8, 4) is 0 Å². The van der Waals surface area contributed by atoms with E-state index in [1.807, 2.05) is 13.8 Å². The number of nitrogens with zero attached hydrogens (tertiary/aromatic N) is 5. The van der Waals surface area contributed by atoms with Gasteiger partial charge in [0, 0.05) is 6.04 Å². The van der Waals surface area contributed by atoms with Crippen LogP contribution in [-0.4, -0.2) is 36.1 Å². The smallest absolute Gasteiger partial charge is 0.292 e. The number of amides is 1. The van der Waals surface area contributed by atoms with Crippen LogP contribution in [0, 0.1) is 0 Å². The summed E-state index contributed by atoms with van der Waals surface area (Å²) in [7, 11) is 0. The van der Waals surface area contributed by atoms with Crippen LogP contribution in [0.2, 0.25) is 0 Å². The van der Waals surface area contributed by atoms with Crippen molar-refractivity contribution in [1.29, 1.82) is 0 Å². The lowest BCUT2D eigenvalue weighted by Crippen LogP contribution is -2.11. The molecule has 120 valence electrons. The normalized spacial score (nSPS) is 11.1. The van der Waals surface area contributed by atoms with Crippen LogP contribution in [0.5, 0.6) is 0 Å². The molecule has 9 nitrogen and oxygen atoms in total. The Morgan fingerprint density at radius 1 is 1.48 bits per heavy atom. The van der Waals surface area contributed by atoms with E-state index in [4.69, 9.17) is 4.42 Å². The Morgan fingerprint density at radius 2 is 2.35 bits per heavy atom. The van der Waals surface area contributed by atoms with Crippen molar-refractivity contribution in [2.24, 2.45) is 0 Å². The van der Waals surface area contributed by atoms with Crippen molar-refractivity contribution in [1.82, 2.24) is 30.2 Å². The van der Waals surface area contributed by atoms with Crippen molar-refractivity contribution in [3.05, 3.63) is 36.2 Å². The Kier molecular flexibility index (Phi) is 4.42. The lowest BCUT2D eigenvalue weighted by atomic mass is 10.4. The SMILES string of the molecule is CC(C)n1cc(NC(=O)c2ccc(CSc3ncn[nH]3)o2)nn1. The van der Waals surface area contributed by atoms with E-state index in [0.29, 0.717) is 22.5 Å². The van der Waals surface area contributed by atoms with Crippen molar-refractivity contribution >= 4 is 23.5 Å². The van der Waals surface area contributed by atoms with Crippen molar-refractivity contribution < 1.29 is 9.21 Å². The van der Waals surface area contributed by atoms with E-state index in [0.717, 1.165) is 0 Å². The van der Waals surface area contributed by atoms with E-state index in [1.54, 1.807) is 23.0 Å². The predicted octanol–water partition coefficient (Wildman–Crippen LogP) is 2.11. The summed E-state index contributed by atoms with van der Waals surface area (Å²) < 4.78 is 7.18.